The number of hydrogen-bond acceptors (Lipinski definition) is 5. The third-order valence-electron chi connectivity index (χ3n) is 6.77. The van der Waals surface area contributed by atoms with Gasteiger partial charge in [0.1, 0.15) is 18.8 Å². The van der Waals surface area contributed by atoms with Crippen LogP contribution in [0, 0.1) is 0 Å². The topological polar surface area (TPSA) is 76.6 Å². The number of hydroxylamine groups is 2. The van der Waals surface area contributed by atoms with Gasteiger partial charge in [-0.25, -0.2) is 9.86 Å². The molecule has 2 amide bonds. The molecule has 0 spiro atoms. The molecule has 8 heteroatoms. The number of hydrogen-bond donors (Lipinski definition) is 1. The van der Waals surface area contributed by atoms with Crippen molar-refractivity contribution >= 4 is 23.4 Å². The van der Waals surface area contributed by atoms with Crippen molar-refractivity contribution in [3.63, 3.8) is 0 Å². The van der Waals surface area contributed by atoms with Gasteiger partial charge in [0.15, 0.2) is 0 Å². The van der Waals surface area contributed by atoms with Gasteiger partial charge in [0.25, 0.3) is 5.91 Å². The number of anilines is 2. The number of benzene rings is 2. The first-order chi connectivity index (χ1) is 15.3. The van der Waals surface area contributed by atoms with E-state index in [0.29, 0.717) is 5.69 Å². The highest BCUT2D eigenvalue weighted by atomic mass is 16.7. The summed E-state index contributed by atoms with van der Waals surface area (Å²) in [7, 11) is 4.08. The molecule has 2 aromatic rings. The highest BCUT2D eigenvalue weighted by Gasteiger charge is 2.50. The number of carbonyl (C=O) groups is 2. The van der Waals surface area contributed by atoms with Crippen LogP contribution in [0.1, 0.15) is 18.1 Å². The van der Waals surface area contributed by atoms with Gasteiger partial charge in [-0.05, 0) is 42.4 Å². The van der Waals surface area contributed by atoms with Gasteiger partial charge in [-0.15, -0.1) is 0 Å². The van der Waals surface area contributed by atoms with Gasteiger partial charge in [0, 0.05) is 25.5 Å². The lowest BCUT2D eigenvalue weighted by molar-refractivity contribution is -0.164. The monoisotopic (exact) mass is 434 g/mol. The molecule has 3 aliphatic heterocycles. The molecule has 0 bridgehead atoms. The third kappa shape index (κ3) is 2.94. The molecule has 8 nitrogen and oxygen atoms in total. The summed E-state index contributed by atoms with van der Waals surface area (Å²) in [6.07, 6.45) is 3.16. The largest absolute Gasteiger partial charge is 0.465 e. The zero-order chi connectivity index (χ0) is 22.6. The number of rotatable bonds is 4. The highest BCUT2D eigenvalue weighted by Crippen LogP contribution is 2.50. The van der Waals surface area contributed by atoms with Gasteiger partial charge in [0.05, 0.1) is 12.0 Å². The van der Waals surface area contributed by atoms with Crippen LogP contribution in [0.3, 0.4) is 0 Å². The Morgan fingerprint density at radius 1 is 1.22 bits per heavy atom. The first-order valence-electron chi connectivity index (χ1n) is 10.6. The lowest BCUT2D eigenvalue weighted by Crippen LogP contribution is -2.46. The molecule has 32 heavy (non-hydrogen) atoms. The van der Waals surface area contributed by atoms with E-state index in [2.05, 4.69) is 29.0 Å². The smallest absolute Gasteiger partial charge is 0.412 e. The number of amides is 2. The number of nitrogens with zero attached hydrogens (tertiary/aromatic N) is 4. The summed E-state index contributed by atoms with van der Waals surface area (Å²) in [6.45, 7) is 2.41. The van der Waals surface area contributed by atoms with E-state index in [1.54, 1.807) is 6.07 Å². The maximum Gasteiger partial charge on any atom is 0.412 e. The predicted molar refractivity (Wildman–Crippen MR) is 120 cm³/mol. The SMILES string of the molecule is CN1C=CC2(C)c3cc(N(C(=O)O)[C@@H]4CON(Cc5ccccc5)C4=O)ccc3N(C)C12. The second-order valence-electron chi connectivity index (χ2n) is 8.77. The van der Waals surface area contributed by atoms with Crippen LogP contribution in [-0.2, 0) is 21.6 Å². The van der Waals surface area contributed by atoms with E-state index in [-0.39, 0.29) is 30.6 Å². The summed E-state index contributed by atoms with van der Waals surface area (Å²) in [4.78, 5) is 36.5. The molecule has 1 saturated heterocycles. The minimum atomic E-state index is -1.18. The molecule has 3 aliphatic rings. The van der Waals surface area contributed by atoms with E-state index in [4.69, 9.17) is 4.84 Å². The molecule has 0 saturated carbocycles. The van der Waals surface area contributed by atoms with Crippen LogP contribution in [0.4, 0.5) is 16.2 Å². The van der Waals surface area contributed by atoms with Gasteiger partial charge in [-0.2, -0.15) is 0 Å². The number of carbonyl (C=O) groups excluding carboxylic acids is 1. The van der Waals surface area contributed by atoms with Crippen molar-refractivity contribution in [3.05, 3.63) is 71.9 Å². The predicted octanol–water partition coefficient (Wildman–Crippen LogP) is 3.01. The molecule has 3 heterocycles. The Labute approximate surface area is 186 Å². The van der Waals surface area contributed by atoms with Crippen molar-refractivity contribution in [2.75, 3.05) is 30.5 Å². The van der Waals surface area contributed by atoms with E-state index in [9.17, 15) is 14.7 Å². The van der Waals surface area contributed by atoms with Gasteiger partial charge in [0.2, 0.25) is 0 Å². The first-order valence-corrected chi connectivity index (χ1v) is 10.6. The Balaban J connectivity index is 1.45. The van der Waals surface area contributed by atoms with E-state index in [0.717, 1.165) is 21.7 Å². The molecule has 0 aliphatic carbocycles. The Morgan fingerprint density at radius 3 is 2.69 bits per heavy atom. The van der Waals surface area contributed by atoms with Gasteiger partial charge < -0.3 is 14.9 Å². The molecule has 3 atom stereocenters. The Bertz CT molecular complexity index is 1100. The normalized spacial score (nSPS) is 26.0. The molecule has 5 rings (SSSR count). The van der Waals surface area contributed by atoms with Crippen LogP contribution in [0.5, 0.6) is 0 Å². The number of likely N-dealkylation sites (N-methyl/N-ethyl adjacent to an activating group) is 2. The molecule has 2 aromatic carbocycles. The minimum Gasteiger partial charge on any atom is -0.465 e. The van der Waals surface area contributed by atoms with Gasteiger partial charge in [-0.3, -0.25) is 14.5 Å². The molecule has 1 fully saturated rings. The highest BCUT2D eigenvalue weighted by molar-refractivity contribution is 5.97. The second kappa shape index (κ2) is 7.27. The second-order valence-corrected chi connectivity index (χ2v) is 8.77. The molecule has 0 radical (unpaired) electrons. The lowest BCUT2D eigenvalue weighted by atomic mass is 9.83. The van der Waals surface area contributed by atoms with E-state index in [1.165, 1.54) is 5.06 Å². The number of fused-ring (bicyclic) bond motifs is 3. The van der Waals surface area contributed by atoms with Crippen molar-refractivity contribution < 1.29 is 19.5 Å². The van der Waals surface area contributed by atoms with Crippen molar-refractivity contribution in [2.45, 2.75) is 31.1 Å². The van der Waals surface area contributed by atoms with Crippen LogP contribution in [0.25, 0.3) is 0 Å². The van der Waals surface area contributed by atoms with Crippen LogP contribution < -0.4 is 9.80 Å². The van der Waals surface area contributed by atoms with Crippen molar-refractivity contribution in [3.8, 4) is 0 Å². The molecular weight excluding hydrogens is 408 g/mol. The van der Waals surface area contributed by atoms with Crippen LogP contribution in [-0.4, -0.2) is 60.0 Å². The van der Waals surface area contributed by atoms with Crippen LogP contribution in [0.2, 0.25) is 0 Å². The summed E-state index contributed by atoms with van der Waals surface area (Å²) in [5.41, 5.74) is 3.22. The standard InChI is InChI=1S/C24H26N4O4/c1-24-11-12-25(2)22(24)26(3)19-10-9-17(13-18(19)24)28(23(30)31)20-15-32-27(21(20)29)14-16-7-5-4-6-8-16/h4-13,20,22H,14-15H2,1-3H3,(H,30,31)/t20-,22?,24?/m1/s1. The third-order valence-corrected chi connectivity index (χ3v) is 6.77. The zero-order valence-corrected chi connectivity index (χ0v) is 18.3. The van der Waals surface area contributed by atoms with Crippen molar-refractivity contribution in [2.24, 2.45) is 0 Å². The first kappa shape index (κ1) is 20.4. The Hall–Kier alpha value is -3.52. The van der Waals surface area contributed by atoms with E-state index >= 15 is 0 Å². The minimum absolute atomic E-state index is 0.0164. The summed E-state index contributed by atoms with van der Waals surface area (Å²) < 4.78 is 0. The van der Waals surface area contributed by atoms with Gasteiger partial charge >= 0.3 is 6.09 Å². The molecule has 2 unspecified atom stereocenters. The zero-order valence-electron chi connectivity index (χ0n) is 18.3. The van der Waals surface area contributed by atoms with Crippen LogP contribution >= 0.6 is 0 Å². The fourth-order valence-corrected chi connectivity index (χ4v) is 5.26. The molecular formula is C24H26N4O4. The maximum atomic E-state index is 13.1. The summed E-state index contributed by atoms with van der Waals surface area (Å²) in [5.74, 6) is -0.363. The quantitative estimate of drug-likeness (QED) is 0.797. The van der Waals surface area contributed by atoms with Crippen molar-refractivity contribution in [1.29, 1.82) is 0 Å². The molecule has 0 aromatic heterocycles. The Kier molecular flexibility index (Phi) is 4.63. The fraction of sp³-hybridized carbons (Fsp3) is 0.333. The number of carboxylic acid groups (broad SMARTS) is 1. The molecule has 166 valence electrons. The fourth-order valence-electron chi connectivity index (χ4n) is 5.26. The maximum absolute atomic E-state index is 13.1. The summed E-state index contributed by atoms with van der Waals surface area (Å²) in [6, 6.07) is 14.2. The Morgan fingerprint density at radius 2 is 1.97 bits per heavy atom. The summed E-state index contributed by atoms with van der Waals surface area (Å²) in [5, 5.41) is 11.3. The average Bonchev–Trinajstić information content (AvgIpc) is 3.35. The summed E-state index contributed by atoms with van der Waals surface area (Å²) >= 11 is 0. The van der Waals surface area contributed by atoms with Gasteiger partial charge in [-0.1, -0.05) is 36.4 Å². The van der Waals surface area contributed by atoms with Crippen molar-refractivity contribution in [1.82, 2.24) is 9.96 Å². The van der Waals surface area contributed by atoms with E-state index in [1.807, 2.05) is 56.6 Å². The lowest BCUT2D eigenvalue weighted by Gasteiger charge is -2.33. The van der Waals surface area contributed by atoms with E-state index < -0.39 is 12.1 Å². The van der Waals surface area contributed by atoms with Crippen LogP contribution in [0.15, 0.2) is 60.8 Å². The molecule has 1 N–H and O–H groups in total. The average molecular weight is 434 g/mol.